The SMILES string of the molecule is N#Cc1ccccc1CNC(=O)c1ccccc1C(=O)O. The fraction of sp³-hybridized carbons (Fsp3) is 0.0625. The third kappa shape index (κ3) is 3.25. The van der Waals surface area contributed by atoms with E-state index in [1.165, 1.54) is 12.1 Å². The van der Waals surface area contributed by atoms with Gasteiger partial charge in [-0.2, -0.15) is 5.26 Å². The monoisotopic (exact) mass is 280 g/mol. The second-order valence-electron chi connectivity index (χ2n) is 4.30. The zero-order valence-corrected chi connectivity index (χ0v) is 11.0. The number of rotatable bonds is 4. The third-order valence-corrected chi connectivity index (χ3v) is 2.98. The fourth-order valence-electron chi connectivity index (χ4n) is 1.92. The van der Waals surface area contributed by atoms with Crippen LogP contribution in [0.4, 0.5) is 0 Å². The van der Waals surface area contributed by atoms with Crippen LogP contribution in [0.25, 0.3) is 0 Å². The predicted octanol–water partition coefficient (Wildman–Crippen LogP) is 2.19. The Balaban J connectivity index is 2.16. The van der Waals surface area contributed by atoms with E-state index in [-0.39, 0.29) is 17.7 Å². The Labute approximate surface area is 121 Å². The molecule has 0 atom stereocenters. The van der Waals surface area contributed by atoms with Gasteiger partial charge in [0, 0.05) is 6.54 Å². The second kappa shape index (κ2) is 6.35. The van der Waals surface area contributed by atoms with E-state index in [9.17, 15) is 9.59 Å². The first-order chi connectivity index (χ1) is 10.1. The number of hydrogen-bond acceptors (Lipinski definition) is 3. The molecule has 0 heterocycles. The molecule has 2 N–H and O–H groups in total. The van der Waals surface area contributed by atoms with Crippen molar-refractivity contribution in [2.75, 3.05) is 0 Å². The molecular formula is C16H12N2O3. The van der Waals surface area contributed by atoms with Gasteiger partial charge in [-0.05, 0) is 23.8 Å². The Morgan fingerprint density at radius 2 is 1.67 bits per heavy atom. The highest BCUT2D eigenvalue weighted by Gasteiger charge is 2.15. The Bertz CT molecular complexity index is 732. The maximum Gasteiger partial charge on any atom is 0.336 e. The Morgan fingerprint density at radius 1 is 1.05 bits per heavy atom. The average molecular weight is 280 g/mol. The number of benzene rings is 2. The van der Waals surface area contributed by atoms with Crippen LogP contribution in [0.15, 0.2) is 48.5 Å². The summed E-state index contributed by atoms with van der Waals surface area (Å²) in [4.78, 5) is 23.2. The molecule has 0 bridgehead atoms. The van der Waals surface area contributed by atoms with Gasteiger partial charge in [-0.1, -0.05) is 30.3 Å². The Hall–Kier alpha value is -3.13. The van der Waals surface area contributed by atoms with Crippen LogP contribution in [0, 0.1) is 11.3 Å². The van der Waals surface area contributed by atoms with E-state index in [4.69, 9.17) is 10.4 Å². The number of nitrogens with zero attached hydrogens (tertiary/aromatic N) is 1. The normalized spacial score (nSPS) is 9.67. The summed E-state index contributed by atoms with van der Waals surface area (Å²) in [5.41, 5.74) is 1.20. The number of nitrogens with one attached hydrogen (secondary N) is 1. The Kier molecular flexibility index (Phi) is 4.32. The van der Waals surface area contributed by atoms with Crippen molar-refractivity contribution < 1.29 is 14.7 Å². The highest BCUT2D eigenvalue weighted by molar-refractivity contribution is 6.04. The molecule has 0 aliphatic rings. The molecule has 1 amide bonds. The van der Waals surface area contributed by atoms with Gasteiger partial charge in [0.2, 0.25) is 0 Å². The summed E-state index contributed by atoms with van der Waals surface area (Å²) in [5.74, 6) is -1.64. The van der Waals surface area contributed by atoms with Crippen molar-refractivity contribution in [2.45, 2.75) is 6.54 Å². The van der Waals surface area contributed by atoms with Gasteiger partial charge >= 0.3 is 5.97 Å². The van der Waals surface area contributed by atoms with Gasteiger partial charge < -0.3 is 10.4 Å². The van der Waals surface area contributed by atoms with Crippen molar-refractivity contribution in [1.82, 2.24) is 5.32 Å². The number of amides is 1. The summed E-state index contributed by atoms with van der Waals surface area (Å²) >= 11 is 0. The van der Waals surface area contributed by atoms with Gasteiger partial charge in [0.1, 0.15) is 0 Å². The minimum absolute atomic E-state index is 0.0523. The summed E-state index contributed by atoms with van der Waals surface area (Å²) in [6.45, 7) is 0.163. The van der Waals surface area contributed by atoms with E-state index in [1.54, 1.807) is 36.4 Å². The van der Waals surface area contributed by atoms with Gasteiger partial charge in [0.15, 0.2) is 0 Å². The summed E-state index contributed by atoms with van der Waals surface area (Å²) in [6.07, 6.45) is 0. The van der Waals surface area contributed by atoms with Crippen molar-refractivity contribution in [1.29, 1.82) is 5.26 Å². The molecule has 0 spiro atoms. The smallest absolute Gasteiger partial charge is 0.336 e. The zero-order valence-electron chi connectivity index (χ0n) is 11.0. The quantitative estimate of drug-likeness (QED) is 0.898. The zero-order chi connectivity index (χ0) is 15.2. The summed E-state index contributed by atoms with van der Waals surface area (Å²) < 4.78 is 0. The van der Waals surface area contributed by atoms with Crippen LogP contribution in [-0.4, -0.2) is 17.0 Å². The van der Waals surface area contributed by atoms with Crippen LogP contribution in [0.5, 0.6) is 0 Å². The standard InChI is InChI=1S/C16H12N2O3/c17-9-11-5-1-2-6-12(11)10-18-15(19)13-7-3-4-8-14(13)16(20)21/h1-8H,10H2,(H,18,19)(H,20,21). The summed E-state index contributed by atoms with van der Waals surface area (Å²) in [7, 11) is 0. The first kappa shape index (κ1) is 14.3. The van der Waals surface area contributed by atoms with Crippen molar-refractivity contribution in [3.05, 3.63) is 70.8 Å². The van der Waals surface area contributed by atoms with E-state index >= 15 is 0 Å². The highest BCUT2D eigenvalue weighted by Crippen LogP contribution is 2.10. The van der Waals surface area contributed by atoms with E-state index in [2.05, 4.69) is 5.32 Å². The molecule has 5 heteroatoms. The maximum absolute atomic E-state index is 12.1. The van der Waals surface area contributed by atoms with E-state index in [0.717, 1.165) is 0 Å². The van der Waals surface area contributed by atoms with Crippen molar-refractivity contribution in [3.8, 4) is 6.07 Å². The molecule has 0 aromatic heterocycles. The lowest BCUT2D eigenvalue weighted by Crippen LogP contribution is -2.25. The first-order valence-corrected chi connectivity index (χ1v) is 6.22. The lowest BCUT2D eigenvalue weighted by Gasteiger charge is -2.08. The van der Waals surface area contributed by atoms with Crippen molar-refractivity contribution in [2.24, 2.45) is 0 Å². The molecule has 0 aliphatic heterocycles. The molecule has 2 aromatic rings. The van der Waals surface area contributed by atoms with Crippen LogP contribution in [0.1, 0.15) is 31.8 Å². The van der Waals surface area contributed by atoms with Crippen molar-refractivity contribution in [3.63, 3.8) is 0 Å². The van der Waals surface area contributed by atoms with Gasteiger partial charge in [-0.25, -0.2) is 4.79 Å². The van der Waals surface area contributed by atoms with Crippen molar-refractivity contribution >= 4 is 11.9 Å². The average Bonchev–Trinajstić information content (AvgIpc) is 2.52. The molecule has 0 radical (unpaired) electrons. The molecule has 0 unspecified atom stereocenters. The number of carbonyl (C=O) groups excluding carboxylic acids is 1. The second-order valence-corrected chi connectivity index (χ2v) is 4.30. The number of aromatic carboxylic acids is 1. The van der Waals surface area contributed by atoms with Crippen LogP contribution in [0.2, 0.25) is 0 Å². The molecule has 5 nitrogen and oxygen atoms in total. The molecule has 0 saturated carbocycles. The minimum Gasteiger partial charge on any atom is -0.478 e. The topological polar surface area (TPSA) is 90.2 Å². The van der Waals surface area contributed by atoms with Gasteiger partial charge in [-0.3, -0.25) is 4.79 Å². The van der Waals surface area contributed by atoms with E-state index < -0.39 is 11.9 Å². The molecular weight excluding hydrogens is 268 g/mol. The molecule has 0 fully saturated rings. The lowest BCUT2D eigenvalue weighted by atomic mass is 10.1. The number of nitriles is 1. The summed E-state index contributed by atoms with van der Waals surface area (Å²) in [5, 5.41) is 20.7. The van der Waals surface area contributed by atoms with Crippen LogP contribution < -0.4 is 5.32 Å². The van der Waals surface area contributed by atoms with Crippen LogP contribution in [-0.2, 0) is 6.54 Å². The van der Waals surface area contributed by atoms with E-state index in [1.807, 2.05) is 6.07 Å². The molecule has 2 aromatic carbocycles. The number of carboxylic acid groups (broad SMARTS) is 1. The van der Waals surface area contributed by atoms with Gasteiger partial charge in [0.25, 0.3) is 5.91 Å². The third-order valence-electron chi connectivity index (χ3n) is 2.98. The van der Waals surface area contributed by atoms with Gasteiger partial charge in [0.05, 0.1) is 22.8 Å². The number of carbonyl (C=O) groups is 2. The molecule has 0 saturated heterocycles. The first-order valence-electron chi connectivity index (χ1n) is 6.22. The van der Waals surface area contributed by atoms with Crippen LogP contribution in [0.3, 0.4) is 0 Å². The van der Waals surface area contributed by atoms with Crippen LogP contribution >= 0.6 is 0 Å². The Morgan fingerprint density at radius 3 is 2.33 bits per heavy atom. The molecule has 21 heavy (non-hydrogen) atoms. The fourth-order valence-corrected chi connectivity index (χ4v) is 1.92. The van der Waals surface area contributed by atoms with Gasteiger partial charge in [-0.15, -0.1) is 0 Å². The number of carboxylic acids is 1. The number of hydrogen-bond donors (Lipinski definition) is 2. The minimum atomic E-state index is -1.15. The largest absolute Gasteiger partial charge is 0.478 e. The lowest BCUT2D eigenvalue weighted by molar-refractivity contribution is 0.0691. The molecule has 104 valence electrons. The summed E-state index contributed by atoms with van der Waals surface area (Å²) in [6, 6.07) is 14.9. The van der Waals surface area contributed by atoms with E-state index in [0.29, 0.717) is 11.1 Å². The maximum atomic E-state index is 12.1. The molecule has 0 aliphatic carbocycles. The molecule has 2 rings (SSSR count). The highest BCUT2D eigenvalue weighted by atomic mass is 16.4. The predicted molar refractivity (Wildman–Crippen MR) is 75.7 cm³/mol.